The molecule has 0 amide bonds. The molecule has 0 aliphatic rings. The summed E-state index contributed by atoms with van der Waals surface area (Å²) in [6.07, 6.45) is 10.3. The van der Waals surface area contributed by atoms with Gasteiger partial charge in [0.1, 0.15) is 5.37 Å². The lowest BCUT2D eigenvalue weighted by Crippen LogP contribution is -2.34. The van der Waals surface area contributed by atoms with E-state index in [1.165, 1.54) is 32.1 Å². The Balaban J connectivity index is 3.88. The molecule has 0 saturated carbocycles. The van der Waals surface area contributed by atoms with Crippen LogP contribution in [0.1, 0.15) is 85.0 Å². The Labute approximate surface area is 125 Å². The van der Waals surface area contributed by atoms with E-state index in [4.69, 9.17) is 9.92 Å². The molecule has 0 bridgehead atoms. The van der Waals surface area contributed by atoms with Crippen LogP contribution in [0.5, 0.6) is 0 Å². The highest BCUT2D eigenvalue weighted by Crippen LogP contribution is 2.16. The molecule has 0 fully saturated rings. The Morgan fingerprint density at radius 2 is 1.45 bits per heavy atom. The zero-order chi connectivity index (χ0) is 15.4. The first kappa shape index (κ1) is 19.9. The fourth-order valence-corrected chi connectivity index (χ4v) is 3.28. The molecule has 0 aromatic heterocycles. The highest BCUT2D eigenvalue weighted by atomic mass is 32.2. The third-order valence-corrected chi connectivity index (χ3v) is 5.24. The van der Waals surface area contributed by atoms with Crippen molar-refractivity contribution in [3.8, 4) is 0 Å². The van der Waals surface area contributed by atoms with E-state index < -0.39 is 15.5 Å². The maximum absolute atomic E-state index is 11.8. The van der Waals surface area contributed by atoms with Crippen LogP contribution >= 0.6 is 0 Å². The first-order chi connectivity index (χ1) is 9.47. The predicted octanol–water partition coefficient (Wildman–Crippen LogP) is 3.95. The zero-order valence-corrected chi connectivity index (χ0v) is 14.3. The molecule has 0 aliphatic carbocycles. The van der Waals surface area contributed by atoms with Crippen LogP contribution in [0.3, 0.4) is 0 Å². The molecular weight excluding hydrogens is 274 g/mol. The molecule has 0 aliphatic heterocycles. The van der Waals surface area contributed by atoms with E-state index in [1.807, 2.05) is 6.92 Å². The molecule has 4 nitrogen and oxygen atoms in total. The van der Waals surface area contributed by atoms with Crippen molar-refractivity contribution in [3.05, 3.63) is 0 Å². The summed E-state index contributed by atoms with van der Waals surface area (Å²) in [7, 11) is -3.60. The van der Waals surface area contributed by atoms with Gasteiger partial charge in [0, 0.05) is 0 Å². The Bertz CT molecular complexity index is 317. The molecule has 122 valence electrons. The van der Waals surface area contributed by atoms with Gasteiger partial charge in [-0.2, -0.15) is 8.42 Å². The maximum atomic E-state index is 11.8. The third kappa shape index (κ3) is 8.93. The quantitative estimate of drug-likeness (QED) is 0.413. The Kier molecular flexibility index (Phi) is 11.4. The number of rotatable bonds is 13. The SMILES string of the molecule is CCCCCCCCCC(CC)OS(=O)(=O)C(N)CC. The lowest BCUT2D eigenvalue weighted by atomic mass is 10.1. The minimum Gasteiger partial charge on any atom is -0.313 e. The summed E-state index contributed by atoms with van der Waals surface area (Å²) in [5, 5.41) is -0.898. The van der Waals surface area contributed by atoms with E-state index in [1.54, 1.807) is 6.92 Å². The van der Waals surface area contributed by atoms with Crippen molar-refractivity contribution in [2.75, 3.05) is 0 Å². The molecular formula is C15H33NO3S. The third-order valence-electron chi connectivity index (χ3n) is 3.63. The van der Waals surface area contributed by atoms with Crippen molar-refractivity contribution in [3.63, 3.8) is 0 Å². The second-order valence-corrected chi connectivity index (χ2v) is 7.26. The van der Waals surface area contributed by atoms with Crippen LogP contribution in [0.15, 0.2) is 0 Å². The number of hydrogen-bond acceptors (Lipinski definition) is 4. The van der Waals surface area contributed by atoms with E-state index in [9.17, 15) is 8.42 Å². The average molecular weight is 308 g/mol. The lowest BCUT2D eigenvalue weighted by Gasteiger charge is -2.18. The summed E-state index contributed by atoms with van der Waals surface area (Å²) in [4.78, 5) is 0. The second-order valence-electron chi connectivity index (χ2n) is 5.48. The first-order valence-electron chi connectivity index (χ1n) is 8.15. The topological polar surface area (TPSA) is 69.4 Å². The molecule has 0 aromatic carbocycles. The van der Waals surface area contributed by atoms with E-state index in [0.717, 1.165) is 19.3 Å². The molecule has 0 saturated heterocycles. The van der Waals surface area contributed by atoms with Crippen molar-refractivity contribution in [2.24, 2.45) is 5.73 Å². The second kappa shape index (κ2) is 11.5. The van der Waals surface area contributed by atoms with Crippen LogP contribution in [-0.2, 0) is 14.3 Å². The van der Waals surface area contributed by atoms with Gasteiger partial charge in [0.2, 0.25) is 0 Å². The zero-order valence-electron chi connectivity index (χ0n) is 13.4. The van der Waals surface area contributed by atoms with Gasteiger partial charge in [-0.1, -0.05) is 65.7 Å². The van der Waals surface area contributed by atoms with Crippen LogP contribution in [0.4, 0.5) is 0 Å². The van der Waals surface area contributed by atoms with Gasteiger partial charge >= 0.3 is 0 Å². The van der Waals surface area contributed by atoms with Crippen LogP contribution in [0.25, 0.3) is 0 Å². The summed E-state index contributed by atoms with van der Waals surface area (Å²) in [5.41, 5.74) is 5.56. The summed E-state index contributed by atoms with van der Waals surface area (Å²) >= 11 is 0. The van der Waals surface area contributed by atoms with Crippen LogP contribution < -0.4 is 5.73 Å². The summed E-state index contributed by atoms with van der Waals surface area (Å²) in [6.45, 7) is 5.92. The van der Waals surface area contributed by atoms with Crippen molar-refractivity contribution < 1.29 is 12.6 Å². The molecule has 0 heterocycles. The van der Waals surface area contributed by atoms with Gasteiger partial charge in [-0.3, -0.25) is 4.18 Å². The molecule has 2 N–H and O–H groups in total. The minimum atomic E-state index is -3.60. The maximum Gasteiger partial charge on any atom is 0.283 e. The molecule has 2 unspecified atom stereocenters. The van der Waals surface area contributed by atoms with Crippen molar-refractivity contribution in [1.82, 2.24) is 0 Å². The molecule has 0 spiro atoms. The predicted molar refractivity (Wildman–Crippen MR) is 85.0 cm³/mol. The van der Waals surface area contributed by atoms with Gasteiger partial charge in [-0.05, 0) is 19.3 Å². The van der Waals surface area contributed by atoms with E-state index >= 15 is 0 Å². The monoisotopic (exact) mass is 307 g/mol. The Hall–Kier alpha value is -0.130. The summed E-state index contributed by atoms with van der Waals surface area (Å²) in [6, 6.07) is 0. The van der Waals surface area contributed by atoms with Crippen molar-refractivity contribution in [1.29, 1.82) is 0 Å². The number of unbranched alkanes of at least 4 members (excludes halogenated alkanes) is 6. The smallest absolute Gasteiger partial charge is 0.283 e. The molecule has 0 rings (SSSR count). The van der Waals surface area contributed by atoms with Gasteiger partial charge in [-0.15, -0.1) is 0 Å². The fraction of sp³-hybridized carbons (Fsp3) is 1.00. The average Bonchev–Trinajstić information content (AvgIpc) is 2.43. The molecule has 5 heteroatoms. The molecule has 0 radical (unpaired) electrons. The van der Waals surface area contributed by atoms with Crippen molar-refractivity contribution in [2.45, 2.75) is 96.5 Å². The van der Waals surface area contributed by atoms with Gasteiger partial charge in [0.05, 0.1) is 6.10 Å². The standard InChI is InChI=1S/C15H33NO3S/c1-4-7-8-9-10-11-12-13-14(5-2)19-20(17,18)15(16)6-3/h14-15H,4-13,16H2,1-3H3. The van der Waals surface area contributed by atoms with Crippen molar-refractivity contribution >= 4 is 10.1 Å². The summed E-state index contributed by atoms with van der Waals surface area (Å²) < 4.78 is 28.8. The summed E-state index contributed by atoms with van der Waals surface area (Å²) in [5.74, 6) is 0. The normalized spacial score (nSPS) is 15.2. The van der Waals surface area contributed by atoms with Gasteiger partial charge in [0.25, 0.3) is 10.1 Å². The van der Waals surface area contributed by atoms with Crippen LogP contribution in [0, 0.1) is 0 Å². The number of nitrogens with two attached hydrogens (primary N) is 1. The van der Waals surface area contributed by atoms with Gasteiger partial charge < -0.3 is 5.73 Å². The van der Waals surface area contributed by atoms with Gasteiger partial charge in [-0.25, -0.2) is 0 Å². The first-order valence-corrected chi connectivity index (χ1v) is 9.62. The minimum absolute atomic E-state index is 0.215. The van der Waals surface area contributed by atoms with Crippen LogP contribution in [-0.4, -0.2) is 19.9 Å². The van der Waals surface area contributed by atoms with E-state index in [-0.39, 0.29) is 6.10 Å². The number of hydrogen-bond donors (Lipinski definition) is 1. The van der Waals surface area contributed by atoms with Gasteiger partial charge in [0.15, 0.2) is 0 Å². The van der Waals surface area contributed by atoms with Crippen LogP contribution in [0.2, 0.25) is 0 Å². The lowest BCUT2D eigenvalue weighted by molar-refractivity contribution is 0.186. The largest absolute Gasteiger partial charge is 0.313 e. The van der Waals surface area contributed by atoms with E-state index in [0.29, 0.717) is 12.8 Å². The van der Waals surface area contributed by atoms with E-state index in [2.05, 4.69) is 6.92 Å². The fourth-order valence-electron chi connectivity index (χ4n) is 2.11. The highest BCUT2D eigenvalue weighted by Gasteiger charge is 2.24. The Morgan fingerprint density at radius 3 is 1.95 bits per heavy atom. The highest BCUT2D eigenvalue weighted by molar-refractivity contribution is 7.87. The molecule has 2 atom stereocenters. The Morgan fingerprint density at radius 1 is 0.900 bits per heavy atom. The molecule has 20 heavy (non-hydrogen) atoms. The molecule has 0 aromatic rings.